The third-order valence-corrected chi connectivity index (χ3v) is 3.24. The minimum absolute atomic E-state index is 0.206. The molecule has 0 N–H and O–H groups in total. The Labute approximate surface area is 121 Å². The second-order valence-electron chi connectivity index (χ2n) is 5.56. The monoisotopic (exact) mass is 270 g/mol. The van der Waals surface area contributed by atoms with E-state index >= 15 is 0 Å². The average Bonchev–Trinajstić information content (AvgIpc) is 2.46. The lowest BCUT2D eigenvalue weighted by molar-refractivity contribution is -0.0287. The Morgan fingerprint density at radius 2 is 1.60 bits per heavy atom. The van der Waals surface area contributed by atoms with Gasteiger partial charge in [0.15, 0.2) is 0 Å². The van der Waals surface area contributed by atoms with Gasteiger partial charge in [-0.05, 0) is 37.1 Å². The zero-order valence-corrected chi connectivity index (χ0v) is 12.4. The standard InChI is InChI=1S/C18H22O2/c1-18(2,20-14-15-8-5-4-6-9-15)13-16-10-7-11-17(12-16)19-3/h4-12H,13-14H2,1-3H3. The Kier molecular flexibility index (Phi) is 4.80. The number of methoxy groups -OCH3 is 1. The zero-order chi connectivity index (χ0) is 14.4. The van der Waals surface area contributed by atoms with Crippen LogP contribution in [0.15, 0.2) is 54.6 Å². The summed E-state index contributed by atoms with van der Waals surface area (Å²) in [5, 5.41) is 0. The SMILES string of the molecule is COc1cccc(CC(C)(C)OCc2ccccc2)c1. The fourth-order valence-electron chi connectivity index (χ4n) is 2.18. The highest BCUT2D eigenvalue weighted by atomic mass is 16.5. The summed E-state index contributed by atoms with van der Waals surface area (Å²) in [5.74, 6) is 0.890. The number of ether oxygens (including phenoxy) is 2. The zero-order valence-electron chi connectivity index (χ0n) is 12.4. The highest BCUT2D eigenvalue weighted by molar-refractivity contribution is 5.29. The van der Waals surface area contributed by atoms with Gasteiger partial charge in [-0.1, -0.05) is 42.5 Å². The van der Waals surface area contributed by atoms with Crippen LogP contribution in [-0.2, 0) is 17.8 Å². The van der Waals surface area contributed by atoms with E-state index in [-0.39, 0.29) is 5.60 Å². The van der Waals surface area contributed by atoms with E-state index < -0.39 is 0 Å². The lowest BCUT2D eigenvalue weighted by atomic mass is 9.98. The molecule has 0 aliphatic rings. The van der Waals surface area contributed by atoms with Crippen LogP contribution in [0.1, 0.15) is 25.0 Å². The molecule has 2 aromatic carbocycles. The maximum atomic E-state index is 6.05. The summed E-state index contributed by atoms with van der Waals surface area (Å²) in [4.78, 5) is 0. The van der Waals surface area contributed by atoms with Crippen molar-refractivity contribution in [2.24, 2.45) is 0 Å². The maximum absolute atomic E-state index is 6.05. The molecule has 0 saturated heterocycles. The Morgan fingerprint density at radius 3 is 2.30 bits per heavy atom. The van der Waals surface area contributed by atoms with Crippen LogP contribution >= 0.6 is 0 Å². The van der Waals surface area contributed by atoms with Gasteiger partial charge in [-0.3, -0.25) is 0 Å². The largest absolute Gasteiger partial charge is 0.497 e. The molecule has 0 aromatic heterocycles. The molecule has 0 spiro atoms. The van der Waals surface area contributed by atoms with Crippen LogP contribution in [0.5, 0.6) is 5.75 Å². The fraction of sp³-hybridized carbons (Fsp3) is 0.333. The van der Waals surface area contributed by atoms with Crippen LogP contribution < -0.4 is 4.74 Å². The van der Waals surface area contributed by atoms with Crippen molar-refractivity contribution in [3.63, 3.8) is 0 Å². The summed E-state index contributed by atoms with van der Waals surface area (Å²) in [6.45, 7) is 4.88. The summed E-state index contributed by atoms with van der Waals surface area (Å²) in [5.41, 5.74) is 2.22. The van der Waals surface area contributed by atoms with Crippen molar-refractivity contribution < 1.29 is 9.47 Å². The number of hydrogen-bond donors (Lipinski definition) is 0. The molecule has 2 aromatic rings. The van der Waals surface area contributed by atoms with E-state index in [2.05, 4.69) is 38.1 Å². The molecule has 0 aliphatic heterocycles. The molecule has 0 unspecified atom stereocenters. The van der Waals surface area contributed by atoms with Crippen molar-refractivity contribution in [2.45, 2.75) is 32.5 Å². The molecule has 2 heteroatoms. The van der Waals surface area contributed by atoms with Crippen molar-refractivity contribution in [3.8, 4) is 5.75 Å². The average molecular weight is 270 g/mol. The molecule has 2 rings (SSSR count). The Balaban J connectivity index is 1.96. The van der Waals surface area contributed by atoms with Gasteiger partial charge < -0.3 is 9.47 Å². The van der Waals surface area contributed by atoms with Gasteiger partial charge in [0.25, 0.3) is 0 Å². The fourth-order valence-corrected chi connectivity index (χ4v) is 2.18. The predicted molar refractivity (Wildman–Crippen MR) is 82.0 cm³/mol. The van der Waals surface area contributed by atoms with Crippen LogP contribution in [0.3, 0.4) is 0 Å². The van der Waals surface area contributed by atoms with Crippen molar-refractivity contribution in [1.82, 2.24) is 0 Å². The van der Waals surface area contributed by atoms with Crippen LogP contribution in [0.2, 0.25) is 0 Å². The van der Waals surface area contributed by atoms with E-state index in [4.69, 9.17) is 9.47 Å². The third kappa shape index (κ3) is 4.39. The van der Waals surface area contributed by atoms with E-state index in [0.717, 1.165) is 12.2 Å². The Hall–Kier alpha value is -1.80. The number of hydrogen-bond acceptors (Lipinski definition) is 2. The van der Waals surface area contributed by atoms with Crippen molar-refractivity contribution in [1.29, 1.82) is 0 Å². The minimum atomic E-state index is -0.206. The van der Waals surface area contributed by atoms with Gasteiger partial charge in [-0.15, -0.1) is 0 Å². The molecule has 0 radical (unpaired) electrons. The highest BCUT2D eigenvalue weighted by Crippen LogP contribution is 2.21. The normalized spacial score (nSPS) is 11.3. The lowest BCUT2D eigenvalue weighted by Crippen LogP contribution is -2.27. The van der Waals surface area contributed by atoms with E-state index in [1.54, 1.807) is 7.11 Å². The molecule has 0 heterocycles. The number of benzene rings is 2. The van der Waals surface area contributed by atoms with E-state index in [1.807, 2.05) is 30.3 Å². The van der Waals surface area contributed by atoms with E-state index in [1.165, 1.54) is 11.1 Å². The molecule has 20 heavy (non-hydrogen) atoms. The summed E-state index contributed by atoms with van der Waals surface area (Å²) in [6.07, 6.45) is 0.858. The van der Waals surface area contributed by atoms with Crippen molar-refractivity contribution in [3.05, 3.63) is 65.7 Å². The number of rotatable bonds is 6. The van der Waals surface area contributed by atoms with Gasteiger partial charge in [0.1, 0.15) is 5.75 Å². The molecule has 0 aliphatic carbocycles. The summed E-state index contributed by atoms with van der Waals surface area (Å²) >= 11 is 0. The topological polar surface area (TPSA) is 18.5 Å². The van der Waals surface area contributed by atoms with Crippen LogP contribution in [0.4, 0.5) is 0 Å². The Morgan fingerprint density at radius 1 is 0.900 bits per heavy atom. The van der Waals surface area contributed by atoms with Gasteiger partial charge >= 0.3 is 0 Å². The van der Waals surface area contributed by atoms with Gasteiger partial charge in [0.2, 0.25) is 0 Å². The molecular formula is C18H22O2. The quantitative estimate of drug-likeness (QED) is 0.782. The molecule has 0 saturated carbocycles. The van der Waals surface area contributed by atoms with Crippen molar-refractivity contribution in [2.75, 3.05) is 7.11 Å². The van der Waals surface area contributed by atoms with Crippen LogP contribution in [-0.4, -0.2) is 12.7 Å². The molecule has 106 valence electrons. The lowest BCUT2D eigenvalue weighted by Gasteiger charge is -2.25. The van der Waals surface area contributed by atoms with E-state index in [9.17, 15) is 0 Å². The molecule has 0 bridgehead atoms. The summed E-state index contributed by atoms with van der Waals surface area (Å²) in [6, 6.07) is 18.4. The van der Waals surface area contributed by atoms with Gasteiger partial charge in [-0.25, -0.2) is 0 Å². The smallest absolute Gasteiger partial charge is 0.119 e. The summed E-state index contributed by atoms with van der Waals surface area (Å²) < 4.78 is 11.3. The maximum Gasteiger partial charge on any atom is 0.119 e. The molecule has 0 atom stereocenters. The third-order valence-electron chi connectivity index (χ3n) is 3.24. The van der Waals surface area contributed by atoms with Gasteiger partial charge in [0.05, 0.1) is 19.3 Å². The Bertz CT molecular complexity index is 532. The second-order valence-corrected chi connectivity index (χ2v) is 5.56. The molecular weight excluding hydrogens is 248 g/mol. The second kappa shape index (κ2) is 6.58. The first kappa shape index (κ1) is 14.6. The van der Waals surface area contributed by atoms with Crippen LogP contribution in [0.25, 0.3) is 0 Å². The first-order chi connectivity index (χ1) is 9.59. The molecule has 2 nitrogen and oxygen atoms in total. The molecule has 0 amide bonds. The van der Waals surface area contributed by atoms with Gasteiger partial charge in [0, 0.05) is 6.42 Å². The van der Waals surface area contributed by atoms with E-state index in [0.29, 0.717) is 6.61 Å². The molecule has 0 fully saturated rings. The predicted octanol–water partition coefficient (Wildman–Crippen LogP) is 4.23. The first-order valence-corrected chi connectivity index (χ1v) is 6.90. The highest BCUT2D eigenvalue weighted by Gasteiger charge is 2.19. The first-order valence-electron chi connectivity index (χ1n) is 6.90. The summed E-state index contributed by atoms with van der Waals surface area (Å²) in [7, 11) is 1.69. The van der Waals surface area contributed by atoms with Crippen molar-refractivity contribution >= 4 is 0 Å². The minimum Gasteiger partial charge on any atom is -0.497 e. The van der Waals surface area contributed by atoms with Gasteiger partial charge in [-0.2, -0.15) is 0 Å². The van der Waals surface area contributed by atoms with Crippen LogP contribution in [0, 0.1) is 0 Å².